The molecular weight excluding hydrogens is 192 g/mol. The van der Waals surface area contributed by atoms with Gasteiger partial charge in [-0.05, 0) is 17.7 Å². The highest BCUT2D eigenvalue weighted by atomic mass is 16.1. The topological polar surface area (TPSA) is 72.2 Å². The number of primary amides is 1. The van der Waals surface area contributed by atoms with Gasteiger partial charge in [-0.3, -0.25) is 9.59 Å². The summed E-state index contributed by atoms with van der Waals surface area (Å²) in [4.78, 5) is 21.7. The molecule has 4 heteroatoms. The molecular formula is C11H12N2O2. The molecule has 0 heterocycles. The zero-order valence-electron chi connectivity index (χ0n) is 8.41. The van der Waals surface area contributed by atoms with E-state index < -0.39 is 5.91 Å². The van der Waals surface area contributed by atoms with Crippen LogP contribution in [-0.4, -0.2) is 11.8 Å². The van der Waals surface area contributed by atoms with Gasteiger partial charge in [-0.25, -0.2) is 0 Å². The summed E-state index contributed by atoms with van der Waals surface area (Å²) in [6.45, 7) is 4.97. The standard InChI is InChI=1S/C11H12N2O2/c1-7(11(12)15)9-4-3-5-10(6-9)13-8(2)14/h3-6H,1H2,2H3,(H2,12,15)(H,13,14). The van der Waals surface area contributed by atoms with Gasteiger partial charge in [0.25, 0.3) is 0 Å². The minimum absolute atomic E-state index is 0.170. The molecule has 0 aliphatic heterocycles. The lowest BCUT2D eigenvalue weighted by Crippen LogP contribution is -2.12. The molecule has 15 heavy (non-hydrogen) atoms. The first kappa shape index (κ1) is 11.0. The molecule has 4 nitrogen and oxygen atoms in total. The molecule has 0 bridgehead atoms. The van der Waals surface area contributed by atoms with Gasteiger partial charge in [0.15, 0.2) is 0 Å². The molecule has 1 rings (SSSR count). The molecule has 3 N–H and O–H groups in total. The van der Waals surface area contributed by atoms with Gasteiger partial charge in [-0.15, -0.1) is 0 Å². The van der Waals surface area contributed by atoms with E-state index in [1.807, 2.05) is 0 Å². The molecule has 0 spiro atoms. The highest BCUT2D eigenvalue weighted by molar-refractivity contribution is 6.18. The minimum Gasteiger partial charge on any atom is -0.366 e. The van der Waals surface area contributed by atoms with Gasteiger partial charge in [-0.2, -0.15) is 0 Å². The van der Waals surface area contributed by atoms with Gasteiger partial charge in [-0.1, -0.05) is 18.7 Å². The van der Waals surface area contributed by atoms with Crippen LogP contribution in [0.25, 0.3) is 5.57 Å². The second kappa shape index (κ2) is 4.41. The first-order chi connectivity index (χ1) is 7.00. The summed E-state index contributed by atoms with van der Waals surface area (Å²) in [6, 6.07) is 6.79. The second-order valence-electron chi connectivity index (χ2n) is 3.10. The van der Waals surface area contributed by atoms with Crippen molar-refractivity contribution in [3.8, 4) is 0 Å². The van der Waals surface area contributed by atoms with Gasteiger partial charge in [0, 0.05) is 18.2 Å². The summed E-state index contributed by atoms with van der Waals surface area (Å²) in [5.41, 5.74) is 6.54. The Balaban J connectivity index is 2.97. The van der Waals surface area contributed by atoms with Crippen molar-refractivity contribution in [2.24, 2.45) is 5.73 Å². The Labute approximate surface area is 87.8 Å². The Bertz CT molecular complexity index is 424. The Morgan fingerprint density at radius 1 is 1.40 bits per heavy atom. The first-order valence-corrected chi connectivity index (χ1v) is 4.37. The number of benzene rings is 1. The van der Waals surface area contributed by atoms with Crippen LogP contribution < -0.4 is 11.1 Å². The Kier molecular flexibility index (Phi) is 3.23. The predicted molar refractivity (Wildman–Crippen MR) is 59.0 cm³/mol. The number of anilines is 1. The van der Waals surface area contributed by atoms with Crippen molar-refractivity contribution < 1.29 is 9.59 Å². The Hall–Kier alpha value is -2.10. The predicted octanol–water partition coefficient (Wildman–Crippen LogP) is 1.14. The molecule has 2 amide bonds. The molecule has 1 aromatic rings. The van der Waals surface area contributed by atoms with Crippen LogP contribution in [0.1, 0.15) is 12.5 Å². The molecule has 78 valence electrons. The molecule has 0 fully saturated rings. The van der Waals surface area contributed by atoms with Crippen LogP contribution >= 0.6 is 0 Å². The lowest BCUT2D eigenvalue weighted by molar-refractivity contribution is -0.114. The number of hydrogen-bond donors (Lipinski definition) is 2. The van der Waals surface area contributed by atoms with E-state index in [9.17, 15) is 9.59 Å². The number of carbonyl (C=O) groups is 2. The van der Waals surface area contributed by atoms with Gasteiger partial charge >= 0.3 is 0 Å². The van der Waals surface area contributed by atoms with Gasteiger partial charge in [0.2, 0.25) is 11.8 Å². The molecule has 0 unspecified atom stereocenters. The summed E-state index contributed by atoms with van der Waals surface area (Å²) in [5.74, 6) is -0.744. The number of nitrogens with two attached hydrogens (primary N) is 1. The summed E-state index contributed by atoms with van der Waals surface area (Å²) in [7, 11) is 0. The van der Waals surface area contributed by atoms with E-state index in [0.29, 0.717) is 11.3 Å². The average Bonchev–Trinajstić information content (AvgIpc) is 2.16. The smallest absolute Gasteiger partial charge is 0.248 e. The number of rotatable bonds is 3. The number of nitrogens with one attached hydrogen (secondary N) is 1. The molecule has 0 aliphatic rings. The van der Waals surface area contributed by atoms with Crippen LogP contribution in [0, 0.1) is 0 Å². The maximum absolute atomic E-state index is 10.9. The molecule has 0 saturated heterocycles. The van der Waals surface area contributed by atoms with Crippen molar-refractivity contribution in [1.82, 2.24) is 0 Å². The molecule has 0 aliphatic carbocycles. The molecule has 0 aromatic heterocycles. The van der Waals surface area contributed by atoms with Crippen molar-refractivity contribution in [2.45, 2.75) is 6.92 Å². The van der Waals surface area contributed by atoms with Crippen molar-refractivity contribution in [2.75, 3.05) is 5.32 Å². The third kappa shape index (κ3) is 2.95. The zero-order chi connectivity index (χ0) is 11.4. The number of hydrogen-bond acceptors (Lipinski definition) is 2. The van der Waals surface area contributed by atoms with E-state index in [0.717, 1.165) is 0 Å². The van der Waals surface area contributed by atoms with E-state index in [1.54, 1.807) is 24.3 Å². The molecule has 0 atom stereocenters. The van der Waals surface area contributed by atoms with Crippen LogP contribution in [0.3, 0.4) is 0 Å². The van der Waals surface area contributed by atoms with Gasteiger partial charge < -0.3 is 11.1 Å². The third-order valence-corrected chi connectivity index (χ3v) is 1.83. The lowest BCUT2D eigenvalue weighted by atomic mass is 10.1. The fourth-order valence-electron chi connectivity index (χ4n) is 1.13. The SMILES string of the molecule is C=C(C(N)=O)c1cccc(NC(C)=O)c1. The normalized spacial score (nSPS) is 9.40. The van der Waals surface area contributed by atoms with Crippen LogP contribution in [0.2, 0.25) is 0 Å². The van der Waals surface area contributed by atoms with E-state index in [-0.39, 0.29) is 11.5 Å². The third-order valence-electron chi connectivity index (χ3n) is 1.83. The first-order valence-electron chi connectivity index (χ1n) is 4.37. The summed E-state index contributed by atoms with van der Waals surface area (Å²) >= 11 is 0. The largest absolute Gasteiger partial charge is 0.366 e. The lowest BCUT2D eigenvalue weighted by Gasteiger charge is -2.05. The minimum atomic E-state index is -0.574. The average molecular weight is 204 g/mol. The Morgan fingerprint density at radius 3 is 2.60 bits per heavy atom. The van der Waals surface area contributed by atoms with Crippen molar-refractivity contribution in [3.63, 3.8) is 0 Å². The number of amides is 2. The van der Waals surface area contributed by atoms with Crippen LogP contribution in [0.15, 0.2) is 30.8 Å². The maximum atomic E-state index is 10.9. The second-order valence-corrected chi connectivity index (χ2v) is 3.10. The van der Waals surface area contributed by atoms with E-state index in [1.165, 1.54) is 6.92 Å². The van der Waals surface area contributed by atoms with Gasteiger partial charge in [0.05, 0.1) is 0 Å². The van der Waals surface area contributed by atoms with Crippen molar-refractivity contribution in [1.29, 1.82) is 0 Å². The fraction of sp³-hybridized carbons (Fsp3) is 0.0909. The molecule has 0 saturated carbocycles. The monoisotopic (exact) mass is 204 g/mol. The van der Waals surface area contributed by atoms with E-state index in [4.69, 9.17) is 5.73 Å². The quantitative estimate of drug-likeness (QED) is 0.725. The zero-order valence-corrected chi connectivity index (χ0v) is 8.41. The molecule has 0 radical (unpaired) electrons. The van der Waals surface area contributed by atoms with Crippen molar-refractivity contribution >= 4 is 23.1 Å². The summed E-state index contributed by atoms with van der Waals surface area (Å²) in [6.07, 6.45) is 0. The van der Waals surface area contributed by atoms with Crippen LogP contribution in [0.5, 0.6) is 0 Å². The maximum Gasteiger partial charge on any atom is 0.248 e. The summed E-state index contributed by atoms with van der Waals surface area (Å²) < 4.78 is 0. The molecule has 1 aromatic carbocycles. The highest BCUT2D eigenvalue weighted by Crippen LogP contribution is 2.16. The van der Waals surface area contributed by atoms with Crippen LogP contribution in [0.4, 0.5) is 5.69 Å². The number of carbonyl (C=O) groups excluding carboxylic acids is 2. The summed E-state index contributed by atoms with van der Waals surface area (Å²) in [5, 5.41) is 2.61. The fourth-order valence-corrected chi connectivity index (χ4v) is 1.13. The highest BCUT2D eigenvalue weighted by Gasteiger charge is 2.05. The van der Waals surface area contributed by atoms with Crippen molar-refractivity contribution in [3.05, 3.63) is 36.4 Å². The van der Waals surface area contributed by atoms with E-state index >= 15 is 0 Å². The Morgan fingerprint density at radius 2 is 2.07 bits per heavy atom. The van der Waals surface area contributed by atoms with E-state index in [2.05, 4.69) is 11.9 Å². The van der Waals surface area contributed by atoms with Gasteiger partial charge in [0.1, 0.15) is 0 Å². The van der Waals surface area contributed by atoms with Crippen LogP contribution in [-0.2, 0) is 9.59 Å².